The summed E-state index contributed by atoms with van der Waals surface area (Å²) in [6, 6.07) is 0. The third-order valence-electron chi connectivity index (χ3n) is 2.85. The Kier molecular flexibility index (Phi) is 7.41. The molecule has 0 unspecified atom stereocenters. The fourth-order valence-corrected chi connectivity index (χ4v) is 1.85. The summed E-state index contributed by atoms with van der Waals surface area (Å²) < 4.78 is 9.02. The number of carbonyl (C=O) groups is 1. The van der Waals surface area contributed by atoms with E-state index in [0.717, 1.165) is 19.4 Å². The number of methoxy groups -OCH3 is 1. The molecule has 0 aliphatic carbocycles. The van der Waals surface area contributed by atoms with Crippen LogP contribution < -0.4 is 28.5 Å². The normalized spacial score (nSPS) is 9.88. The predicted octanol–water partition coefficient (Wildman–Crippen LogP) is -1.86. The van der Waals surface area contributed by atoms with Crippen LogP contribution in [0, 0.1) is 6.92 Å². The van der Waals surface area contributed by atoms with Gasteiger partial charge in [-0.1, -0.05) is 6.92 Å². The van der Waals surface area contributed by atoms with Gasteiger partial charge in [-0.2, -0.15) is 0 Å². The van der Waals surface area contributed by atoms with Crippen LogP contribution >= 0.6 is 0 Å². The highest BCUT2D eigenvalue weighted by atomic mass is 127. The van der Waals surface area contributed by atoms with E-state index in [1.165, 1.54) is 18.6 Å². The molecule has 0 aromatic carbocycles. The summed E-state index contributed by atoms with van der Waals surface area (Å²) in [7, 11) is 3.46. The van der Waals surface area contributed by atoms with Crippen molar-refractivity contribution >= 4 is 5.97 Å². The Morgan fingerprint density at radius 1 is 1.53 bits per heavy atom. The molecule has 0 aliphatic rings. The molecule has 0 N–H and O–H groups in total. The maximum absolute atomic E-state index is 11.1. The summed E-state index contributed by atoms with van der Waals surface area (Å²) >= 11 is 0. The number of hydrogen-bond acceptors (Lipinski definition) is 2. The Labute approximate surface area is 120 Å². The van der Waals surface area contributed by atoms with E-state index in [1.807, 2.05) is 7.05 Å². The number of hydrogen-bond donors (Lipinski definition) is 0. The van der Waals surface area contributed by atoms with Crippen molar-refractivity contribution in [1.29, 1.82) is 0 Å². The van der Waals surface area contributed by atoms with Crippen molar-refractivity contribution in [3.63, 3.8) is 0 Å². The van der Waals surface area contributed by atoms with Gasteiger partial charge >= 0.3 is 5.97 Å². The third-order valence-corrected chi connectivity index (χ3v) is 2.85. The number of rotatable bonds is 5. The maximum Gasteiger partial charge on any atom is 0.305 e. The number of nitrogens with zero attached hydrogens (tertiary/aromatic N) is 2. The number of aryl methyl sites for hydroxylation is 2. The predicted molar refractivity (Wildman–Crippen MR) is 61.0 cm³/mol. The van der Waals surface area contributed by atoms with Crippen LogP contribution in [0.25, 0.3) is 0 Å². The lowest BCUT2D eigenvalue weighted by Gasteiger charge is -2.01. The molecule has 0 bridgehead atoms. The molecule has 1 rings (SSSR count). The Hall–Kier alpha value is -0.590. The van der Waals surface area contributed by atoms with Gasteiger partial charge in [0, 0.05) is 13.3 Å². The summed E-state index contributed by atoms with van der Waals surface area (Å²) in [5.74, 6) is 1.08. The number of imidazole rings is 1. The van der Waals surface area contributed by atoms with Crippen molar-refractivity contribution in [2.45, 2.75) is 39.7 Å². The van der Waals surface area contributed by atoms with Gasteiger partial charge in [-0.15, -0.1) is 0 Å². The Balaban J connectivity index is 0.00000256. The fourth-order valence-electron chi connectivity index (χ4n) is 1.85. The molecular formula is C12H21IN2O2. The molecule has 98 valence electrons. The smallest absolute Gasteiger partial charge is 0.305 e. The monoisotopic (exact) mass is 352 g/mol. The second-order valence-corrected chi connectivity index (χ2v) is 4.01. The van der Waals surface area contributed by atoms with E-state index in [1.54, 1.807) is 0 Å². The van der Waals surface area contributed by atoms with Crippen molar-refractivity contribution in [3.8, 4) is 0 Å². The average molecular weight is 352 g/mol. The first-order chi connectivity index (χ1) is 7.60. The average Bonchev–Trinajstić information content (AvgIpc) is 2.54. The molecule has 0 atom stereocenters. The molecule has 0 spiro atoms. The fraction of sp³-hybridized carbons (Fsp3) is 0.667. The molecule has 5 heteroatoms. The summed E-state index contributed by atoms with van der Waals surface area (Å²) in [5, 5.41) is 0. The zero-order chi connectivity index (χ0) is 12.1. The number of halogens is 1. The third kappa shape index (κ3) is 4.29. The van der Waals surface area contributed by atoms with Crippen LogP contribution in [0.3, 0.4) is 0 Å². The van der Waals surface area contributed by atoms with E-state index < -0.39 is 0 Å². The van der Waals surface area contributed by atoms with Crippen molar-refractivity contribution in [1.82, 2.24) is 4.57 Å². The summed E-state index contributed by atoms with van der Waals surface area (Å²) in [6.07, 6.45) is 4.38. The van der Waals surface area contributed by atoms with E-state index in [0.29, 0.717) is 6.42 Å². The van der Waals surface area contributed by atoms with Crippen LogP contribution in [0.1, 0.15) is 31.3 Å². The molecule has 0 radical (unpaired) electrons. The quantitative estimate of drug-likeness (QED) is 0.354. The van der Waals surface area contributed by atoms with Crippen molar-refractivity contribution in [3.05, 3.63) is 17.7 Å². The first-order valence-electron chi connectivity index (χ1n) is 5.71. The van der Waals surface area contributed by atoms with Crippen LogP contribution in [-0.2, 0) is 29.5 Å². The maximum atomic E-state index is 11.1. The molecule has 0 amide bonds. The molecule has 4 nitrogen and oxygen atoms in total. The Morgan fingerprint density at radius 3 is 2.71 bits per heavy atom. The molecular weight excluding hydrogens is 331 g/mol. The topological polar surface area (TPSA) is 35.1 Å². The van der Waals surface area contributed by atoms with Crippen LogP contribution in [-0.4, -0.2) is 17.6 Å². The van der Waals surface area contributed by atoms with Crippen molar-refractivity contribution < 1.29 is 38.1 Å². The first kappa shape index (κ1) is 16.4. The highest BCUT2D eigenvalue weighted by molar-refractivity contribution is 5.69. The highest BCUT2D eigenvalue weighted by Gasteiger charge is 2.17. The number of carbonyl (C=O) groups excluding carboxylic acids is 1. The summed E-state index contributed by atoms with van der Waals surface area (Å²) in [4.78, 5) is 11.1. The Bertz CT molecular complexity index is 375. The summed E-state index contributed by atoms with van der Waals surface area (Å²) in [6.45, 7) is 5.25. The van der Waals surface area contributed by atoms with Crippen LogP contribution in [0.15, 0.2) is 6.20 Å². The second-order valence-electron chi connectivity index (χ2n) is 4.01. The number of aromatic nitrogens is 2. The van der Waals surface area contributed by atoms with E-state index in [2.05, 4.69) is 33.9 Å². The SMILES string of the molecule is CCC[n+]1c(CCC(=O)OC)cn(C)c1C.[I-]. The van der Waals surface area contributed by atoms with E-state index in [4.69, 9.17) is 0 Å². The van der Waals surface area contributed by atoms with Gasteiger partial charge in [0.2, 0.25) is 0 Å². The van der Waals surface area contributed by atoms with Gasteiger partial charge < -0.3 is 28.7 Å². The lowest BCUT2D eigenvalue weighted by molar-refractivity contribution is -0.709. The minimum absolute atomic E-state index is 0. The highest BCUT2D eigenvalue weighted by Crippen LogP contribution is 2.03. The van der Waals surface area contributed by atoms with Gasteiger partial charge in [0.15, 0.2) is 0 Å². The molecule has 1 aromatic heterocycles. The molecule has 1 aromatic rings. The standard InChI is InChI=1S/C12H21N2O2.HI/c1-5-8-14-10(2)13(3)9-11(14)6-7-12(15)16-4;/h9H,5-8H2,1-4H3;1H/q+1;/p-1. The minimum Gasteiger partial charge on any atom is -1.00 e. The zero-order valence-corrected chi connectivity index (χ0v) is 13.2. The van der Waals surface area contributed by atoms with E-state index in [-0.39, 0.29) is 29.9 Å². The van der Waals surface area contributed by atoms with Crippen LogP contribution in [0.5, 0.6) is 0 Å². The number of ether oxygens (including phenoxy) is 1. The van der Waals surface area contributed by atoms with E-state index in [9.17, 15) is 4.79 Å². The summed E-state index contributed by atoms with van der Waals surface area (Å²) in [5.41, 5.74) is 1.20. The lowest BCUT2D eigenvalue weighted by Crippen LogP contribution is -3.00. The molecule has 0 saturated carbocycles. The lowest BCUT2D eigenvalue weighted by atomic mass is 10.2. The Morgan fingerprint density at radius 2 is 2.18 bits per heavy atom. The number of esters is 1. The van der Waals surface area contributed by atoms with E-state index >= 15 is 0 Å². The van der Waals surface area contributed by atoms with Crippen molar-refractivity contribution in [2.24, 2.45) is 7.05 Å². The largest absolute Gasteiger partial charge is 1.00 e. The first-order valence-corrected chi connectivity index (χ1v) is 5.71. The molecule has 1 heterocycles. The van der Waals surface area contributed by atoms with Gasteiger partial charge in [-0.25, -0.2) is 9.13 Å². The zero-order valence-electron chi connectivity index (χ0n) is 11.0. The molecule has 0 aliphatic heterocycles. The van der Waals surface area contributed by atoms with Gasteiger partial charge in [0.05, 0.1) is 27.1 Å². The van der Waals surface area contributed by atoms with Gasteiger partial charge in [0.25, 0.3) is 5.82 Å². The van der Waals surface area contributed by atoms with Crippen LogP contribution in [0.4, 0.5) is 0 Å². The molecule has 0 saturated heterocycles. The molecule has 17 heavy (non-hydrogen) atoms. The van der Waals surface area contributed by atoms with Crippen molar-refractivity contribution in [2.75, 3.05) is 7.11 Å². The van der Waals surface area contributed by atoms with Crippen LogP contribution in [0.2, 0.25) is 0 Å². The van der Waals surface area contributed by atoms with Gasteiger partial charge in [0.1, 0.15) is 11.9 Å². The minimum atomic E-state index is -0.149. The second kappa shape index (κ2) is 7.68. The van der Waals surface area contributed by atoms with Gasteiger partial charge in [-0.3, -0.25) is 4.79 Å². The molecule has 0 fully saturated rings. The van der Waals surface area contributed by atoms with Gasteiger partial charge in [-0.05, 0) is 6.42 Å².